The van der Waals surface area contributed by atoms with Crippen molar-refractivity contribution in [2.75, 3.05) is 19.3 Å². The van der Waals surface area contributed by atoms with Gasteiger partial charge < -0.3 is 13.8 Å². The van der Waals surface area contributed by atoms with Gasteiger partial charge in [0.25, 0.3) is 0 Å². The van der Waals surface area contributed by atoms with Gasteiger partial charge >= 0.3 is 11.6 Å². The Morgan fingerprint density at radius 3 is 2.32 bits per heavy atom. The van der Waals surface area contributed by atoms with Gasteiger partial charge in [0.15, 0.2) is 0 Å². The molecule has 1 aliphatic rings. The maximum atomic E-state index is 13.4. The van der Waals surface area contributed by atoms with Crippen molar-refractivity contribution < 1.29 is 35.6 Å². The Morgan fingerprint density at radius 1 is 1.12 bits per heavy atom. The van der Waals surface area contributed by atoms with Crippen LogP contribution in [0.5, 0.6) is 5.88 Å². The molecule has 0 saturated heterocycles. The van der Waals surface area contributed by atoms with E-state index in [-0.39, 0.29) is 50.0 Å². The molecule has 8 nitrogen and oxygen atoms in total. The first kappa shape index (κ1) is 25.9. The van der Waals surface area contributed by atoms with Gasteiger partial charge in [0.2, 0.25) is 15.5 Å². The molecule has 0 radical (unpaired) electrons. The number of carbonyl (C=O) groups is 1. The van der Waals surface area contributed by atoms with Crippen molar-refractivity contribution in [3.05, 3.63) is 53.0 Å². The summed E-state index contributed by atoms with van der Waals surface area (Å²) in [5, 5.41) is 0. The number of hydrogen-bond acceptors (Lipinski definition) is 6. The molecule has 0 saturated carbocycles. The second-order valence-electron chi connectivity index (χ2n) is 9.22. The van der Waals surface area contributed by atoms with E-state index in [9.17, 15) is 26.7 Å². The summed E-state index contributed by atoms with van der Waals surface area (Å²) in [6, 6.07) is 9.00. The van der Waals surface area contributed by atoms with Crippen LogP contribution in [-0.4, -0.2) is 60.2 Å². The summed E-state index contributed by atoms with van der Waals surface area (Å²) >= 11 is 0. The van der Waals surface area contributed by atoms with Gasteiger partial charge in [0.05, 0.1) is 11.9 Å². The van der Waals surface area contributed by atoms with Crippen molar-refractivity contribution in [3.8, 4) is 5.88 Å². The van der Waals surface area contributed by atoms with Crippen LogP contribution >= 0.6 is 0 Å². The highest BCUT2D eigenvalue weighted by molar-refractivity contribution is 8.11. The summed E-state index contributed by atoms with van der Waals surface area (Å²) in [6.07, 6.45) is -0.0888. The lowest BCUT2D eigenvalue weighted by Crippen LogP contribution is -2.51. The van der Waals surface area contributed by atoms with Crippen molar-refractivity contribution >= 4 is 15.7 Å². The van der Waals surface area contributed by atoms with Crippen LogP contribution in [0.1, 0.15) is 43.4 Å². The SMILES string of the molecule is CC(C)(C)OC(=O)N1CCc2nc(Cc3ccccc3)nc(OS(C)(=O)(O)C(F)(F)F)c2CC1. The molecule has 3 rings (SSSR count). The van der Waals surface area contributed by atoms with E-state index >= 15 is 0 Å². The molecule has 0 aliphatic carbocycles. The lowest BCUT2D eigenvalue weighted by atomic mass is 10.1. The number of aromatic nitrogens is 2. The number of hydrogen-bond donors (Lipinski definition) is 1. The molecule has 1 aromatic carbocycles. The monoisotopic (exact) mass is 503 g/mol. The molecule has 0 atom stereocenters. The van der Waals surface area contributed by atoms with Crippen LogP contribution in [0.4, 0.5) is 18.0 Å². The highest BCUT2D eigenvalue weighted by Crippen LogP contribution is 2.41. The fourth-order valence-electron chi connectivity index (χ4n) is 3.28. The van der Waals surface area contributed by atoms with E-state index in [0.717, 1.165) is 5.56 Å². The van der Waals surface area contributed by atoms with E-state index in [1.807, 2.05) is 6.07 Å². The Balaban J connectivity index is 2.00. The Morgan fingerprint density at radius 2 is 1.74 bits per heavy atom. The van der Waals surface area contributed by atoms with Crippen molar-refractivity contribution in [1.82, 2.24) is 14.9 Å². The fourth-order valence-corrected chi connectivity index (χ4v) is 3.89. The number of nitrogens with zero attached hydrogens (tertiary/aromatic N) is 3. The first-order valence-corrected chi connectivity index (χ1v) is 12.8. The van der Waals surface area contributed by atoms with Crippen LogP contribution in [0.25, 0.3) is 0 Å². The molecule has 1 aromatic heterocycles. The summed E-state index contributed by atoms with van der Waals surface area (Å²) < 4.78 is 72.8. The largest absolute Gasteiger partial charge is 0.503 e. The number of rotatable bonds is 4. The van der Waals surface area contributed by atoms with E-state index in [1.165, 1.54) is 4.90 Å². The summed E-state index contributed by atoms with van der Waals surface area (Å²) in [4.78, 5) is 22.5. The topological polar surface area (TPSA) is 102 Å². The zero-order valence-corrected chi connectivity index (χ0v) is 20.2. The number of alkyl halides is 3. The minimum absolute atomic E-state index is 0.0241. The predicted octanol–water partition coefficient (Wildman–Crippen LogP) is 4.14. The van der Waals surface area contributed by atoms with Crippen molar-refractivity contribution in [2.24, 2.45) is 0 Å². The molecular formula is C22H28F3N3O5S. The number of carbonyl (C=O) groups excluding carboxylic acids is 1. The van der Waals surface area contributed by atoms with Gasteiger partial charge in [0.1, 0.15) is 11.4 Å². The molecule has 0 spiro atoms. The molecular weight excluding hydrogens is 475 g/mol. The van der Waals surface area contributed by atoms with Crippen LogP contribution in [0.3, 0.4) is 0 Å². The predicted molar refractivity (Wildman–Crippen MR) is 120 cm³/mol. The van der Waals surface area contributed by atoms with Gasteiger partial charge in [-0.05, 0) is 32.8 Å². The van der Waals surface area contributed by atoms with Gasteiger partial charge in [-0.15, -0.1) is 0 Å². The van der Waals surface area contributed by atoms with Crippen LogP contribution < -0.4 is 4.18 Å². The number of halogens is 3. The molecule has 188 valence electrons. The van der Waals surface area contributed by atoms with Crippen molar-refractivity contribution in [2.45, 2.75) is 51.1 Å². The third kappa shape index (κ3) is 6.03. The van der Waals surface area contributed by atoms with Gasteiger partial charge in [0, 0.05) is 31.5 Å². The number of amides is 1. The molecule has 1 amide bonds. The molecule has 34 heavy (non-hydrogen) atoms. The zero-order chi connectivity index (χ0) is 25.4. The van der Waals surface area contributed by atoms with Crippen LogP contribution in [0, 0.1) is 0 Å². The summed E-state index contributed by atoms with van der Waals surface area (Å²) in [5.74, 6) is -0.475. The van der Waals surface area contributed by atoms with Gasteiger partial charge in [-0.2, -0.15) is 18.2 Å². The third-order valence-corrected chi connectivity index (χ3v) is 6.61. The lowest BCUT2D eigenvalue weighted by Gasteiger charge is -2.34. The molecule has 2 aromatic rings. The lowest BCUT2D eigenvalue weighted by molar-refractivity contribution is -0.0622. The molecule has 2 heterocycles. The molecule has 1 N–H and O–H groups in total. The van der Waals surface area contributed by atoms with Crippen LogP contribution in [0.15, 0.2) is 30.3 Å². The average molecular weight is 504 g/mol. The Bertz CT molecular complexity index is 1130. The van der Waals surface area contributed by atoms with Crippen LogP contribution in [0.2, 0.25) is 0 Å². The minimum Gasteiger partial charge on any atom is -0.444 e. The van der Waals surface area contributed by atoms with Gasteiger partial charge in [-0.1, -0.05) is 30.3 Å². The third-order valence-electron chi connectivity index (χ3n) is 5.01. The van der Waals surface area contributed by atoms with Crippen molar-refractivity contribution in [1.29, 1.82) is 0 Å². The van der Waals surface area contributed by atoms with Gasteiger partial charge in [-0.25, -0.2) is 14.0 Å². The Kier molecular flexibility index (Phi) is 6.70. The molecule has 0 bridgehead atoms. The molecule has 0 fully saturated rings. The van der Waals surface area contributed by atoms with E-state index in [1.54, 1.807) is 45.0 Å². The first-order valence-electron chi connectivity index (χ1n) is 10.6. The highest BCUT2D eigenvalue weighted by Gasteiger charge is 2.59. The standard InChI is InChI=1S/C22H28F3N3O5S/c1-21(2,3)32-20(29)28-12-10-16-17(11-13-28)26-18(14-15-8-6-5-7-9-15)27-19(16)33-34(4,30,31)22(23,24)25/h5-9H,10-14H2,1-4H3,(H,30,31). The second kappa shape index (κ2) is 8.81. The Labute approximate surface area is 195 Å². The highest BCUT2D eigenvalue weighted by atomic mass is 32.3. The second-order valence-corrected chi connectivity index (χ2v) is 12.2. The number of ether oxygens (including phenoxy) is 1. The van der Waals surface area contributed by atoms with E-state index in [4.69, 9.17) is 8.92 Å². The van der Waals surface area contributed by atoms with E-state index in [0.29, 0.717) is 5.69 Å². The normalized spacial score (nSPS) is 16.1. The maximum absolute atomic E-state index is 13.4. The fraction of sp³-hybridized carbons (Fsp3) is 0.500. The van der Waals surface area contributed by atoms with E-state index < -0.39 is 32.7 Å². The van der Waals surface area contributed by atoms with Gasteiger partial charge in [-0.3, -0.25) is 4.55 Å². The minimum atomic E-state index is -6.55. The summed E-state index contributed by atoms with van der Waals surface area (Å²) in [6.45, 7) is 5.46. The Hall–Kier alpha value is -2.73. The summed E-state index contributed by atoms with van der Waals surface area (Å²) in [5.41, 5.74) is -4.96. The average Bonchev–Trinajstić information content (AvgIpc) is 2.89. The molecule has 0 unspecified atom stereocenters. The summed E-state index contributed by atoms with van der Waals surface area (Å²) in [7, 11) is -6.55. The number of fused-ring (bicyclic) bond motifs is 1. The first-order chi connectivity index (χ1) is 15.5. The quantitative estimate of drug-likeness (QED) is 0.669. The smallest absolute Gasteiger partial charge is 0.444 e. The molecule has 12 heteroatoms. The zero-order valence-electron chi connectivity index (χ0n) is 19.4. The van der Waals surface area contributed by atoms with Crippen LogP contribution in [-0.2, 0) is 33.6 Å². The maximum Gasteiger partial charge on any atom is 0.503 e. The number of benzene rings is 1. The van der Waals surface area contributed by atoms with E-state index in [2.05, 4.69) is 9.97 Å². The van der Waals surface area contributed by atoms with Crippen molar-refractivity contribution in [3.63, 3.8) is 0 Å². The molecule has 1 aliphatic heterocycles.